The van der Waals surface area contributed by atoms with Gasteiger partial charge in [0.25, 0.3) is 5.91 Å². The number of hydrogen-bond acceptors (Lipinski definition) is 3. The van der Waals surface area contributed by atoms with Crippen molar-refractivity contribution in [3.63, 3.8) is 0 Å². The first-order valence-corrected chi connectivity index (χ1v) is 6.45. The van der Waals surface area contributed by atoms with E-state index in [1.165, 1.54) is 0 Å². The summed E-state index contributed by atoms with van der Waals surface area (Å²) in [6.07, 6.45) is 1.96. The monoisotopic (exact) mass is 262 g/mol. The van der Waals surface area contributed by atoms with Crippen LogP contribution in [-0.4, -0.2) is 29.6 Å². The Labute approximate surface area is 112 Å². The van der Waals surface area contributed by atoms with Crippen molar-refractivity contribution in [2.24, 2.45) is 0 Å². The lowest BCUT2D eigenvalue weighted by Gasteiger charge is -2.19. The van der Waals surface area contributed by atoms with Crippen LogP contribution in [0.4, 0.5) is 5.69 Å². The van der Waals surface area contributed by atoms with Gasteiger partial charge in [0.05, 0.1) is 6.42 Å². The molecule has 3 N–H and O–H groups in total. The number of carboxylic acid groups (broad SMARTS) is 1. The van der Waals surface area contributed by atoms with E-state index in [0.717, 1.165) is 30.6 Å². The van der Waals surface area contributed by atoms with Crippen molar-refractivity contribution in [1.29, 1.82) is 0 Å². The minimum Gasteiger partial charge on any atom is -0.481 e. The average molecular weight is 262 g/mol. The smallest absolute Gasteiger partial charge is 0.305 e. The Morgan fingerprint density at radius 2 is 2.26 bits per heavy atom. The Hall–Kier alpha value is -2.04. The molecule has 0 saturated heterocycles. The molecule has 1 atom stereocenters. The van der Waals surface area contributed by atoms with Crippen molar-refractivity contribution in [3.8, 4) is 0 Å². The predicted molar refractivity (Wildman–Crippen MR) is 72.4 cm³/mol. The summed E-state index contributed by atoms with van der Waals surface area (Å²) in [5.74, 6) is -1.13. The second kappa shape index (κ2) is 5.73. The first-order chi connectivity index (χ1) is 9.06. The lowest BCUT2D eigenvalue weighted by Crippen LogP contribution is -2.34. The molecule has 1 amide bonds. The molecule has 2 rings (SSSR count). The van der Waals surface area contributed by atoms with Crippen LogP contribution >= 0.6 is 0 Å². The second-order valence-electron chi connectivity index (χ2n) is 4.87. The van der Waals surface area contributed by atoms with Crippen molar-refractivity contribution in [2.45, 2.75) is 32.2 Å². The Bertz CT molecular complexity index is 499. The number of carboxylic acids is 1. The van der Waals surface area contributed by atoms with Gasteiger partial charge in [0, 0.05) is 23.8 Å². The molecule has 0 aromatic heterocycles. The van der Waals surface area contributed by atoms with E-state index in [2.05, 4.69) is 10.6 Å². The van der Waals surface area contributed by atoms with Crippen LogP contribution in [0.1, 0.15) is 35.7 Å². The number of benzene rings is 1. The fourth-order valence-corrected chi connectivity index (χ4v) is 2.24. The summed E-state index contributed by atoms with van der Waals surface area (Å²) in [5, 5.41) is 14.6. The highest BCUT2D eigenvalue weighted by Gasteiger charge is 2.15. The molecule has 0 saturated carbocycles. The maximum Gasteiger partial charge on any atom is 0.305 e. The van der Waals surface area contributed by atoms with Gasteiger partial charge < -0.3 is 15.7 Å². The van der Waals surface area contributed by atoms with Gasteiger partial charge in [0.1, 0.15) is 0 Å². The maximum atomic E-state index is 12.0. The molecule has 0 aliphatic carbocycles. The number of hydrogen-bond donors (Lipinski definition) is 3. The highest BCUT2D eigenvalue weighted by Crippen LogP contribution is 2.22. The van der Waals surface area contributed by atoms with Crippen LogP contribution in [0.15, 0.2) is 18.2 Å². The molecule has 5 nitrogen and oxygen atoms in total. The molecule has 19 heavy (non-hydrogen) atoms. The molecule has 1 unspecified atom stereocenters. The fourth-order valence-electron chi connectivity index (χ4n) is 2.24. The number of amides is 1. The number of carbonyl (C=O) groups is 2. The van der Waals surface area contributed by atoms with Crippen molar-refractivity contribution in [2.75, 3.05) is 11.9 Å². The molecule has 1 aromatic carbocycles. The highest BCUT2D eigenvalue weighted by molar-refractivity contribution is 5.95. The van der Waals surface area contributed by atoms with E-state index in [4.69, 9.17) is 5.11 Å². The number of aliphatic carboxylic acids is 1. The molecular weight excluding hydrogens is 244 g/mol. The minimum atomic E-state index is -0.914. The SMILES string of the molecule is CC(CC(=O)O)NC(=O)c1ccc2c(c1)CCCN2. The third-order valence-corrected chi connectivity index (χ3v) is 3.16. The van der Waals surface area contributed by atoms with Crippen LogP contribution in [-0.2, 0) is 11.2 Å². The van der Waals surface area contributed by atoms with E-state index < -0.39 is 5.97 Å². The zero-order chi connectivity index (χ0) is 13.8. The first-order valence-electron chi connectivity index (χ1n) is 6.45. The number of nitrogens with one attached hydrogen (secondary N) is 2. The molecule has 1 aliphatic heterocycles. The summed E-state index contributed by atoms with van der Waals surface area (Å²) in [6, 6.07) is 5.18. The Morgan fingerprint density at radius 1 is 1.47 bits per heavy atom. The van der Waals surface area contributed by atoms with Gasteiger partial charge in [0.15, 0.2) is 0 Å². The van der Waals surface area contributed by atoms with Gasteiger partial charge in [-0.3, -0.25) is 9.59 Å². The normalized spacial score (nSPS) is 15.0. The van der Waals surface area contributed by atoms with Gasteiger partial charge in [-0.05, 0) is 43.5 Å². The van der Waals surface area contributed by atoms with Crippen molar-refractivity contribution < 1.29 is 14.7 Å². The van der Waals surface area contributed by atoms with Crippen LogP contribution in [0.5, 0.6) is 0 Å². The van der Waals surface area contributed by atoms with Crippen LogP contribution in [0.2, 0.25) is 0 Å². The third-order valence-electron chi connectivity index (χ3n) is 3.16. The number of aryl methyl sites for hydroxylation is 1. The molecule has 0 fully saturated rings. The largest absolute Gasteiger partial charge is 0.481 e. The number of carbonyl (C=O) groups excluding carboxylic acids is 1. The average Bonchev–Trinajstić information content (AvgIpc) is 2.37. The molecule has 1 aliphatic rings. The van der Waals surface area contributed by atoms with Crippen molar-refractivity contribution in [1.82, 2.24) is 5.32 Å². The summed E-state index contributed by atoms with van der Waals surface area (Å²) in [4.78, 5) is 22.6. The summed E-state index contributed by atoms with van der Waals surface area (Å²) < 4.78 is 0. The zero-order valence-electron chi connectivity index (χ0n) is 10.9. The molecule has 0 radical (unpaired) electrons. The highest BCUT2D eigenvalue weighted by atomic mass is 16.4. The van der Waals surface area contributed by atoms with Crippen LogP contribution < -0.4 is 10.6 Å². The first kappa shape index (κ1) is 13.4. The van der Waals surface area contributed by atoms with Gasteiger partial charge in [-0.25, -0.2) is 0 Å². The van der Waals surface area contributed by atoms with E-state index in [1.54, 1.807) is 13.0 Å². The van der Waals surface area contributed by atoms with Gasteiger partial charge in [0.2, 0.25) is 0 Å². The minimum absolute atomic E-state index is 0.0712. The van der Waals surface area contributed by atoms with Gasteiger partial charge in [-0.1, -0.05) is 0 Å². The van der Waals surface area contributed by atoms with Crippen LogP contribution in [0.3, 0.4) is 0 Å². The van der Waals surface area contributed by atoms with E-state index in [9.17, 15) is 9.59 Å². The second-order valence-corrected chi connectivity index (χ2v) is 4.87. The molecular formula is C14H18N2O3. The number of fused-ring (bicyclic) bond motifs is 1. The van der Waals surface area contributed by atoms with Gasteiger partial charge in [-0.15, -0.1) is 0 Å². The van der Waals surface area contributed by atoms with Crippen molar-refractivity contribution in [3.05, 3.63) is 29.3 Å². The van der Waals surface area contributed by atoms with Crippen LogP contribution in [0, 0.1) is 0 Å². The van der Waals surface area contributed by atoms with E-state index in [1.807, 2.05) is 12.1 Å². The topological polar surface area (TPSA) is 78.4 Å². The van der Waals surface area contributed by atoms with E-state index in [0.29, 0.717) is 5.56 Å². The molecule has 1 aromatic rings. The molecule has 0 bridgehead atoms. The molecule has 102 valence electrons. The third kappa shape index (κ3) is 3.47. The van der Waals surface area contributed by atoms with Crippen LogP contribution in [0.25, 0.3) is 0 Å². The van der Waals surface area contributed by atoms with Gasteiger partial charge >= 0.3 is 5.97 Å². The summed E-state index contributed by atoms with van der Waals surface area (Å²) in [7, 11) is 0. The van der Waals surface area contributed by atoms with E-state index in [-0.39, 0.29) is 18.4 Å². The Morgan fingerprint density at radius 3 is 3.00 bits per heavy atom. The lowest BCUT2D eigenvalue weighted by molar-refractivity contribution is -0.137. The number of rotatable bonds is 4. The number of anilines is 1. The lowest BCUT2D eigenvalue weighted by atomic mass is 10.0. The Balaban J connectivity index is 2.05. The van der Waals surface area contributed by atoms with Gasteiger partial charge in [-0.2, -0.15) is 0 Å². The fraction of sp³-hybridized carbons (Fsp3) is 0.429. The zero-order valence-corrected chi connectivity index (χ0v) is 10.9. The Kier molecular flexibility index (Phi) is 4.04. The summed E-state index contributed by atoms with van der Waals surface area (Å²) in [5.41, 5.74) is 2.81. The summed E-state index contributed by atoms with van der Waals surface area (Å²) in [6.45, 7) is 2.65. The predicted octanol–water partition coefficient (Wildman–Crippen LogP) is 1.64. The maximum absolute atomic E-state index is 12.0. The van der Waals surface area contributed by atoms with E-state index >= 15 is 0 Å². The summed E-state index contributed by atoms with van der Waals surface area (Å²) >= 11 is 0. The molecule has 1 heterocycles. The van der Waals surface area contributed by atoms with Crippen molar-refractivity contribution >= 4 is 17.6 Å². The molecule has 5 heteroatoms. The standard InChI is InChI=1S/C14H18N2O3/c1-9(7-13(17)18)16-14(19)11-4-5-12-10(8-11)3-2-6-15-12/h4-5,8-9,15H,2-3,6-7H2,1H3,(H,16,19)(H,17,18). The quantitative estimate of drug-likeness (QED) is 0.770. The molecule has 0 spiro atoms.